The minimum atomic E-state index is -2.20. The Morgan fingerprint density at radius 1 is 0.641 bits per heavy atom. The number of carboxylic acid groups (broad SMARTS) is 3. The van der Waals surface area contributed by atoms with Crippen molar-refractivity contribution in [3.63, 3.8) is 0 Å². The molecule has 0 heterocycles. The number of nitrogens with two attached hydrogens (primary N) is 2. The minimum absolute atomic E-state index is 0. The van der Waals surface area contributed by atoms with Crippen LogP contribution in [0.1, 0.15) is 22.1 Å². The first kappa shape index (κ1) is 51.8. The molecule has 21 heteroatoms. The number of hydrogen-bond acceptors (Lipinski definition) is 15. The molecule has 0 saturated heterocycles. The molecular formula is C18H41CaClN2O16Zn. The van der Waals surface area contributed by atoms with Gasteiger partial charge in [-0.05, 0) is 19.4 Å². The van der Waals surface area contributed by atoms with Gasteiger partial charge in [-0.2, -0.15) is 0 Å². The molecule has 0 fully saturated rings. The number of aliphatic hydroxyl groups is 10. The third-order valence-electron chi connectivity index (χ3n) is 4.30. The molecule has 0 rings (SSSR count). The predicted molar refractivity (Wildman–Crippen MR) is 131 cm³/mol. The van der Waals surface area contributed by atoms with Crippen LogP contribution in [0.2, 0.25) is 0 Å². The summed E-state index contributed by atoms with van der Waals surface area (Å²) in [4.78, 5) is 30.3. The van der Waals surface area contributed by atoms with E-state index in [0.29, 0.717) is 13.0 Å². The van der Waals surface area contributed by atoms with Crippen molar-refractivity contribution >= 4 is 68.1 Å². The van der Waals surface area contributed by atoms with Gasteiger partial charge in [-0.15, -0.1) is 12.4 Å². The molecule has 230 valence electrons. The van der Waals surface area contributed by atoms with Crippen LogP contribution in [0, 0.1) is 0 Å². The number of unbranched alkanes of at least 4 members (excludes halogenated alkanes) is 1. The maximum absolute atomic E-state index is 10.1. The Kier molecular flexibility index (Phi) is 39.3. The van der Waals surface area contributed by atoms with Crippen LogP contribution in [0.25, 0.3) is 0 Å². The van der Waals surface area contributed by atoms with Crippen molar-refractivity contribution in [2.24, 2.45) is 11.5 Å². The summed E-state index contributed by atoms with van der Waals surface area (Å²) in [5, 5.41) is 112. The second-order valence-electron chi connectivity index (χ2n) is 7.26. The molecule has 0 aromatic rings. The van der Waals surface area contributed by atoms with Crippen molar-refractivity contribution in [1.82, 2.24) is 0 Å². The van der Waals surface area contributed by atoms with Crippen LogP contribution in [0.3, 0.4) is 0 Å². The van der Waals surface area contributed by atoms with E-state index in [4.69, 9.17) is 77.9 Å². The molecule has 18 nitrogen and oxygen atoms in total. The zero-order chi connectivity index (χ0) is 29.2. The van der Waals surface area contributed by atoms with Gasteiger partial charge < -0.3 is 80.7 Å². The van der Waals surface area contributed by atoms with Gasteiger partial charge in [-0.1, -0.05) is 6.42 Å². The van der Waals surface area contributed by atoms with E-state index in [-0.39, 0.29) is 72.5 Å². The van der Waals surface area contributed by atoms with Crippen molar-refractivity contribution in [3.8, 4) is 0 Å². The maximum atomic E-state index is 10.1. The molecule has 0 aliphatic carbocycles. The molecule has 0 spiro atoms. The Morgan fingerprint density at radius 2 is 0.949 bits per heavy atom. The SMILES string of the molecule is Cl.NCCCCC(N)C(=O)O.O=C(O)C(O)C(O)C(O)C(O)CO.O=C(O)C(O)C(O)C(O)C(O)CO.[Ca+2].[H-].[H-].[Zn]. The van der Waals surface area contributed by atoms with Gasteiger partial charge in [-0.25, -0.2) is 9.59 Å². The van der Waals surface area contributed by atoms with Crippen LogP contribution >= 0.6 is 12.4 Å². The number of halogens is 1. The fourth-order valence-corrected chi connectivity index (χ4v) is 1.97. The van der Waals surface area contributed by atoms with Gasteiger partial charge in [0.2, 0.25) is 0 Å². The van der Waals surface area contributed by atoms with Crippen LogP contribution in [0.15, 0.2) is 0 Å². The molecule has 0 saturated carbocycles. The van der Waals surface area contributed by atoms with E-state index in [9.17, 15) is 14.4 Å². The van der Waals surface area contributed by atoms with Gasteiger partial charge >= 0.3 is 55.6 Å². The minimum Gasteiger partial charge on any atom is -1.00 e. The van der Waals surface area contributed by atoms with Crippen LogP contribution in [-0.2, 0) is 33.9 Å². The Morgan fingerprint density at radius 3 is 1.15 bits per heavy atom. The standard InChI is InChI=1S/C6H14N2O2.2C6H12O7.Ca.ClH.Zn.2H/c7-4-2-1-3-5(8)6(9)10;2*7-1-2(8)3(9)4(10)5(11)6(12)13;;;;;/h5H,1-4,7-8H2,(H,9,10);2*2-5,7-11H,1H2,(H,12,13);;1H;;;/q;;;+2;;;2*-1. The molecule has 0 aliphatic heterocycles. The van der Waals surface area contributed by atoms with E-state index in [1.165, 1.54) is 0 Å². The zero-order valence-electron chi connectivity index (χ0n) is 23.0. The van der Waals surface area contributed by atoms with E-state index < -0.39 is 86.0 Å². The molecule has 0 aliphatic rings. The third-order valence-corrected chi connectivity index (χ3v) is 4.30. The van der Waals surface area contributed by atoms with Crippen molar-refractivity contribution in [2.45, 2.75) is 74.1 Å². The monoisotopic (exact) mass is 680 g/mol. The molecular weight excluding hydrogens is 641 g/mol. The molecule has 17 N–H and O–H groups in total. The summed E-state index contributed by atoms with van der Waals surface area (Å²) in [6.45, 7) is -1.08. The smallest absolute Gasteiger partial charge is 1.00 e. The molecule has 39 heavy (non-hydrogen) atoms. The van der Waals surface area contributed by atoms with Crippen molar-refractivity contribution in [3.05, 3.63) is 0 Å². The Hall–Kier alpha value is 0.103. The van der Waals surface area contributed by atoms with Gasteiger partial charge in [-0.3, -0.25) is 4.79 Å². The first-order chi connectivity index (χ1) is 16.5. The van der Waals surface area contributed by atoms with Crippen LogP contribution in [-0.4, -0.2) is 197 Å². The summed E-state index contributed by atoms with van der Waals surface area (Å²) >= 11 is 0. The van der Waals surface area contributed by atoms with Gasteiger partial charge in [0.1, 0.15) is 42.7 Å². The van der Waals surface area contributed by atoms with Crippen molar-refractivity contribution < 1.29 is 103 Å². The molecule has 0 aromatic heterocycles. The van der Waals surface area contributed by atoms with Crippen LogP contribution in [0.5, 0.6) is 0 Å². The Labute approximate surface area is 275 Å². The second kappa shape index (κ2) is 29.6. The number of hydrogen-bond donors (Lipinski definition) is 15. The van der Waals surface area contributed by atoms with E-state index in [0.717, 1.165) is 12.8 Å². The summed E-state index contributed by atoms with van der Waals surface area (Å²) in [6.07, 6.45) is -13.5. The summed E-state index contributed by atoms with van der Waals surface area (Å²) < 4.78 is 0. The number of aliphatic carboxylic acids is 3. The summed E-state index contributed by atoms with van der Waals surface area (Å²) in [7, 11) is 0. The zero-order valence-corrected chi connectivity index (χ0v) is 26.9. The van der Waals surface area contributed by atoms with E-state index in [1.54, 1.807) is 0 Å². The second-order valence-corrected chi connectivity index (χ2v) is 7.26. The Balaban J connectivity index is -0.0000000631. The number of rotatable bonds is 15. The fourth-order valence-electron chi connectivity index (χ4n) is 1.97. The summed E-state index contributed by atoms with van der Waals surface area (Å²) in [6, 6.07) is -0.716. The Bertz CT molecular complexity index is 605. The van der Waals surface area contributed by atoms with Crippen molar-refractivity contribution in [2.75, 3.05) is 19.8 Å². The van der Waals surface area contributed by atoms with E-state index >= 15 is 0 Å². The summed E-state index contributed by atoms with van der Waals surface area (Å²) in [5.74, 6) is -4.38. The number of carbonyl (C=O) groups is 3. The molecule has 0 bridgehead atoms. The average molecular weight is 682 g/mol. The largest absolute Gasteiger partial charge is 2.00 e. The van der Waals surface area contributed by atoms with Gasteiger partial charge in [0, 0.05) is 19.5 Å². The fraction of sp³-hybridized carbons (Fsp3) is 0.833. The third kappa shape index (κ3) is 24.4. The van der Waals surface area contributed by atoms with Gasteiger partial charge in [0.15, 0.2) is 12.2 Å². The van der Waals surface area contributed by atoms with Crippen molar-refractivity contribution in [1.29, 1.82) is 0 Å². The van der Waals surface area contributed by atoms with Gasteiger partial charge in [0.05, 0.1) is 13.2 Å². The first-order valence-electron chi connectivity index (χ1n) is 10.3. The van der Waals surface area contributed by atoms with Crippen LogP contribution in [0.4, 0.5) is 0 Å². The topological polar surface area (TPSA) is 366 Å². The molecule has 0 radical (unpaired) electrons. The molecule has 0 amide bonds. The van der Waals surface area contributed by atoms with E-state index in [2.05, 4.69) is 0 Å². The number of aliphatic hydroxyl groups excluding tert-OH is 10. The average Bonchev–Trinajstić information content (AvgIpc) is 2.85. The quantitative estimate of drug-likeness (QED) is 0.0563. The first-order valence-corrected chi connectivity index (χ1v) is 10.3. The maximum Gasteiger partial charge on any atom is 2.00 e. The normalized spacial score (nSPS) is 16.9. The number of carboxylic acids is 3. The van der Waals surface area contributed by atoms with E-state index in [1.807, 2.05) is 0 Å². The summed E-state index contributed by atoms with van der Waals surface area (Å²) in [5.41, 5.74) is 10.4. The predicted octanol–water partition coefficient (Wildman–Crippen LogP) is -7.20. The molecule has 0 aromatic carbocycles. The van der Waals surface area contributed by atoms with Crippen LogP contribution < -0.4 is 11.5 Å². The molecule has 9 atom stereocenters. The van der Waals surface area contributed by atoms with Gasteiger partial charge in [0.25, 0.3) is 0 Å². The molecule has 9 unspecified atom stereocenters.